The number of thiazole rings is 1. The van der Waals surface area contributed by atoms with E-state index in [9.17, 15) is 19.2 Å². The molecule has 370 valence electrons. The molecule has 1 heterocycles. The van der Waals surface area contributed by atoms with Crippen LogP contribution < -0.4 is 19.2 Å². The van der Waals surface area contributed by atoms with Crippen LogP contribution in [0.5, 0.6) is 17.2 Å². The molecule has 1 aliphatic rings. The van der Waals surface area contributed by atoms with Gasteiger partial charge in [0.05, 0.1) is 74.5 Å². The zero-order chi connectivity index (χ0) is 49.3. The van der Waals surface area contributed by atoms with Gasteiger partial charge in [0.1, 0.15) is 23.9 Å². The van der Waals surface area contributed by atoms with Crippen molar-refractivity contribution < 1.29 is 52.3 Å². The fourth-order valence-corrected chi connectivity index (χ4v) is 8.60. The number of carbonyl (C=O) groups is 4. The zero-order valence-corrected chi connectivity index (χ0v) is 40.7. The summed E-state index contributed by atoms with van der Waals surface area (Å²) in [4.78, 5) is 54.3. The largest absolute Gasteiger partial charge is 0.494 e. The Balaban J connectivity index is 1.05. The van der Waals surface area contributed by atoms with Crippen molar-refractivity contribution in [2.45, 2.75) is 71.1 Å². The molecule has 0 aliphatic heterocycles. The zero-order valence-electron chi connectivity index (χ0n) is 39.9. The molecule has 70 heavy (non-hydrogen) atoms. The third-order valence-corrected chi connectivity index (χ3v) is 12.5. The number of fused-ring (bicyclic) bond motifs is 1. The number of ether oxygens (including phenoxy) is 7. The molecule has 15 heteroatoms. The summed E-state index contributed by atoms with van der Waals surface area (Å²) in [6, 6.07) is 29.1. The third-order valence-electron chi connectivity index (χ3n) is 11.5. The maximum Gasteiger partial charge on any atom is 0.330 e. The molecule has 1 fully saturated rings. The maximum atomic E-state index is 13.9. The average Bonchev–Trinajstić information content (AvgIpc) is 3.83. The molecule has 0 N–H and O–H groups in total. The van der Waals surface area contributed by atoms with Gasteiger partial charge in [-0.05, 0) is 123 Å². The molecule has 1 aromatic heterocycles. The highest BCUT2D eigenvalue weighted by Crippen LogP contribution is 2.34. The lowest BCUT2D eigenvalue weighted by Crippen LogP contribution is -2.30. The van der Waals surface area contributed by atoms with E-state index in [1.54, 1.807) is 35.5 Å². The molecular weight excluding hydrogens is 911 g/mol. The summed E-state index contributed by atoms with van der Waals surface area (Å²) in [5.74, 6) is -0.838. The fraction of sp³-hybridized carbons (Fsp3) is 0.382. The summed E-state index contributed by atoms with van der Waals surface area (Å²) < 4.78 is 40.1. The number of aromatic nitrogens is 1. The van der Waals surface area contributed by atoms with Crippen LogP contribution in [0, 0.1) is 11.8 Å². The molecular formula is C55H63N3O11S. The van der Waals surface area contributed by atoms with Crippen LogP contribution in [0.4, 0.5) is 5.13 Å². The predicted molar refractivity (Wildman–Crippen MR) is 272 cm³/mol. The highest BCUT2D eigenvalue weighted by molar-refractivity contribution is 7.22. The first-order valence-corrected chi connectivity index (χ1v) is 24.8. The normalized spacial score (nSPS) is 14.5. The summed E-state index contributed by atoms with van der Waals surface area (Å²) >= 11 is 1.51. The number of hydrazone groups is 1. The van der Waals surface area contributed by atoms with Crippen molar-refractivity contribution in [3.05, 3.63) is 127 Å². The van der Waals surface area contributed by atoms with Gasteiger partial charge in [-0.2, -0.15) is 5.10 Å². The minimum absolute atomic E-state index is 0.129. The number of hydrogen-bond acceptors (Lipinski definition) is 15. The summed E-state index contributed by atoms with van der Waals surface area (Å²) in [7, 11) is 0. The lowest BCUT2D eigenvalue weighted by molar-refractivity contribution is -0.145. The minimum Gasteiger partial charge on any atom is -0.494 e. The molecule has 0 atom stereocenters. The SMILES string of the molecule is C=CC(=O)OCCCCCCOc1ccc(OC(=O)C2CCC(C(=O)Oc3ccc(-c4ccc(CCC)cc4)cc3/C=N/N(CCOCCOCCOC(=O)C=C)c3nc4ccccc4s3)CC2)cc1. The Hall–Kier alpha value is -6.68. The van der Waals surface area contributed by atoms with Gasteiger partial charge in [0, 0.05) is 17.7 Å². The quantitative estimate of drug-likeness (QED) is 0.0111. The first kappa shape index (κ1) is 52.7. The number of carbonyl (C=O) groups excluding carboxylic acids is 4. The van der Waals surface area contributed by atoms with Crippen LogP contribution in [0.2, 0.25) is 0 Å². The molecule has 14 nitrogen and oxygen atoms in total. The second kappa shape index (κ2) is 28.7. The van der Waals surface area contributed by atoms with Gasteiger partial charge in [0.2, 0.25) is 5.13 Å². The van der Waals surface area contributed by atoms with E-state index in [1.165, 1.54) is 16.9 Å². The van der Waals surface area contributed by atoms with E-state index >= 15 is 0 Å². The van der Waals surface area contributed by atoms with Crippen molar-refractivity contribution >= 4 is 56.8 Å². The van der Waals surface area contributed by atoms with E-state index < -0.39 is 17.9 Å². The molecule has 5 aromatic rings. The number of benzene rings is 4. The monoisotopic (exact) mass is 973 g/mol. The molecule has 6 rings (SSSR count). The summed E-state index contributed by atoms with van der Waals surface area (Å²) in [5, 5.41) is 7.37. The number of para-hydroxylation sites is 1. The van der Waals surface area contributed by atoms with Crippen LogP contribution >= 0.6 is 11.3 Å². The van der Waals surface area contributed by atoms with E-state index in [-0.39, 0.29) is 31.1 Å². The molecule has 0 saturated heterocycles. The molecule has 4 aromatic carbocycles. The van der Waals surface area contributed by atoms with Crippen LogP contribution in [0.15, 0.2) is 121 Å². The number of hydrogen-bond donors (Lipinski definition) is 0. The predicted octanol–water partition coefficient (Wildman–Crippen LogP) is 10.5. The molecule has 0 unspecified atom stereocenters. The van der Waals surface area contributed by atoms with Crippen molar-refractivity contribution in [3.63, 3.8) is 0 Å². The lowest BCUT2D eigenvalue weighted by atomic mass is 9.82. The summed E-state index contributed by atoms with van der Waals surface area (Å²) in [6.45, 7) is 11.6. The molecule has 0 radical (unpaired) electrons. The highest BCUT2D eigenvalue weighted by Gasteiger charge is 2.32. The third kappa shape index (κ3) is 17.1. The van der Waals surface area contributed by atoms with Crippen LogP contribution in [0.3, 0.4) is 0 Å². The molecule has 1 aliphatic carbocycles. The molecule has 0 amide bonds. The Labute approximate surface area is 414 Å². The number of nitrogens with zero attached hydrogens (tertiary/aromatic N) is 3. The number of esters is 4. The Morgan fingerprint density at radius 3 is 1.99 bits per heavy atom. The highest BCUT2D eigenvalue weighted by atomic mass is 32.1. The Morgan fingerprint density at radius 2 is 1.30 bits per heavy atom. The minimum atomic E-state index is -0.498. The first-order chi connectivity index (χ1) is 34.2. The van der Waals surface area contributed by atoms with Gasteiger partial charge in [-0.3, -0.25) is 9.59 Å². The van der Waals surface area contributed by atoms with Gasteiger partial charge in [0.15, 0.2) is 0 Å². The Bertz CT molecular complexity index is 2460. The van der Waals surface area contributed by atoms with E-state index in [1.807, 2.05) is 42.5 Å². The van der Waals surface area contributed by atoms with Crippen molar-refractivity contribution in [3.8, 4) is 28.4 Å². The van der Waals surface area contributed by atoms with Crippen molar-refractivity contribution in [2.24, 2.45) is 16.9 Å². The average molecular weight is 974 g/mol. The Kier molecular flexibility index (Phi) is 21.6. The lowest BCUT2D eigenvalue weighted by Gasteiger charge is -2.26. The molecule has 0 bridgehead atoms. The van der Waals surface area contributed by atoms with Gasteiger partial charge in [-0.15, -0.1) is 0 Å². The maximum absolute atomic E-state index is 13.9. The van der Waals surface area contributed by atoms with Crippen LogP contribution in [-0.2, 0) is 44.5 Å². The Morgan fingerprint density at radius 1 is 0.686 bits per heavy atom. The second-order valence-electron chi connectivity index (χ2n) is 16.6. The fourth-order valence-electron chi connectivity index (χ4n) is 7.65. The first-order valence-electron chi connectivity index (χ1n) is 24.0. The van der Waals surface area contributed by atoms with Gasteiger partial charge in [0.25, 0.3) is 0 Å². The van der Waals surface area contributed by atoms with Gasteiger partial charge in [-0.1, -0.05) is 80.3 Å². The van der Waals surface area contributed by atoms with Crippen LogP contribution in [0.25, 0.3) is 21.3 Å². The smallest absolute Gasteiger partial charge is 0.330 e. The number of rotatable bonds is 29. The van der Waals surface area contributed by atoms with Gasteiger partial charge < -0.3 is 33.2 Å². The second-order valence-corrected chi connectivity index (χ2v) is 17.6. The van der Waals surface area contributed by atoms with E-state index in [2.05, 4.69) is 44.3 Å². The molecule has 1 saturated carbocycles. The summed E-state index contributed by atoms with van der Waals surface area (Å²) in [5.41, 5.74) is 4.68. The number of aryl methyl sites for hydroxylation is 1. The van der Waals surface area contributed by atoms with Crippen molar-refractivity contribution in [2.75, 3.05) is 57.8 Å². The van der Waals surface area contributed by atoms with E-state index in [0.717, 1.165) is 72.0 Å². The summed E-state index contributed by atoms with van der Waals surface area (Å²) in [6.07, 6.45) is 11.5. The van der Waals surface area contributed by atoms with E-state index in [4.69, 9.17) is 43.2 Å². The number of unbranched alkanes of at least 4 members (excludes halogenated alkanes) is 3. The van der Waals surface area contributed by atoms with Gasteiger partial charge in [-0.25, -0.2) is 19.6 Å². The van der Waals surface area contributed by atoms with Crippen LogP contribution in [-0.4, -0.2) is 87.9 Å². The van der Waals surface area contributed by atoms with E-state index in [0.29, 0.717) is 93.2 Å². The van der Waals surface area contributed by atoms with Crippen molar-refractivity contribution in [1.82, 2.24) is 4.98 Å². The molecule has 0 spiro atoms. The van der Waals surface area contributed by atoms with Crippen LogP contribution in [0.1, 0.15) is 75.8 Å². The standard InChI is InChI=1S/C55H63N3O11S/c1-4-13-40-16-18-41(19-17-40)44-24-29-49(45(38-44)39-56-58(55-57-48-14-9-10-15-50(48)70-55)30-33-63-34-35-64-36-37-67-52(60)6-3)69-54(62)43-22-20-42(21-23-43)53(61)68-47-27-25-46(26-28-47)65-31-11-7-8-12-32-66-51(59)5-2/h5-6,9-10,14-19,24-29,38-39,42-43H,2-4,7-8,11-13,20-23,30-37H2,1H3/b56-39+. The van der Waals surface area contributed by atoms with Crippen molar-refractivity contribution in [1.29, 1.82) is 0 Å². The van der Waals surface area contributed by atoms with Gasteiger partial charge >= 0.3 is 23.9 Å². The number of anilines is 1. The topological polar surface area (TPSA) is 161 Å².